The van der Waals surface area contributed by atoms with E-state index >= 15 is 0 Å². The molecular weight excluding hydrogens is 208 g/mol. The lowest BCUT2D eigenvalue weighted by molar-refractivity contribution is 0.108. The maximum Gasteiger partial charge on any atom is 0.253 e. The first-order valence-electron chi connectivity index (χ1n) is 4.43. The Morgan fingerprint density at radius 3 is 2.73 bits per heavy atom. The summed E-state index contributed by atoms with van der Waals surface area (Å²) in [5, 5.41) is -0.485. The molecule has 0 atom stereocenters. The maximum atomic E-state index is 11.0. The fraction of sp³-hybridized carbons (Fsp3) is 0.154. The van der Waals surface area contributed by atoms with Gasteiger partial charge in [0.2, 0.25) is 0 Å². The van der Waals surface area contributed by atoms with Gasteiger partial charge in [-0.3, -0.25) is 4.79 Å². The molecule has 0 saturated heterocycles. The van der Waals surface area contributed by atoms with Crippen molar-refractivity contribution in [2.75, 3.05) is 0 Å². The second kappa shape index (κ2) is 5.91. The first kappa shape index (κ1) is 11.4. The van der Waals surface area contributed by atoms with Crippen molar-refractivity contribution in [1.29, 1.82) is 0 Å². The number of rotatable bonds is 1. The maximum absolute atomic E-state index is 11.0. The third-order valence-electron chi connectivity index (χ3n) is 1.72. The molecule has 1 nitrogen and oxygen atoms in total. The van der Waals surface area contributed by atoms with E-state index in [9.17, 15) is 4.79 Å². The van der Waals surface area contributed by atoms with Gasteiger partial charge in [0.15, 0.2) is 0 Å². The lowest BCUT2D eigenvalue weighted by atomic mass is 10.1. The van der Waals surface area contributed by atoms with Crippen LogP contribution in [0.15, 0.2) is 24.3 Å². The first-order valence-corrected chi connectivity index (χ1v) is 4.81. The summed E-state index contributed by atoms with van der Waals surface area (Å²) >= 11 is 5.41. The largest absolute Gasteiger partial charge is 0.276 e. The summed E-state index contributed by atoms with van der Waals surface area (Å²) in [6.07, 6.45) is 0.501. The van der Waals surface area contributed by atoms with Crippen LogP contribution >= 0.6 is 11.6 Å². The summed E-state index contributed by atoms with van der Waals surface area (Å²) in [5.74, 6) is 11.3. The van der Waals surface area contributed by atoms with Crippen molar-refractivity contribution in [3.8, 4) is 23.7 Å². The van der Waals surface area contributed by atoms with Gasteiger partial charge in [-0.25, -0.2) is 0 Å². The molecule has 1 rings (SSSR count). The van der Waals surface area contributed by atoms with Gasteiger partial charge < -0.3 is 0 Å². The number of hydrogen-bond acceptors (Lipinski definition) is 1. The van der Waals surface area contributed by atoms with Crippen molar-refractivity contribution < 1.29 is 4.79 Å². The van der Waals surface area contributed by atoms with Gasteiger partial charge in [0.05, 0.1) is 6.42 Å². The molecule has 1 aromatic rings. The molecule has 0 fully saturated rings. The van der Waals surface area contributed by atoms with E-state index in [-0.39, 0.29) is 0 Å². The van der Waals surface area contributed by atoms with E-state index in [1.165, 1.54) is 0 Å². The molecular formula is C13H9ClO. The number of hydrogen-bond donors (Lipinski definition) is 0. The van der Waals surface area contributed by atoms with Gasteiger partial charge in [-0.1, -0.05) is 29.9 Å². The Bertz CT molecular complexity index is 480. The molecule has 2 heteroatoms. The van der Waals surface area contributed by atoms with Crippen LogP contribution in [0.5, 0.6) is 0 Å². The fourth-order valence-electron chi connectivity index (χ4n) is 1.04. The average molecular weight is 217 g/mol. The molecule has 0 unspecified atom stereocenters. The summed E-state index contributed by atoms with van der Waals surface area (Å²) < 4.78 is 0. The van der Waals surface area contributed by atoms with Crippen molar-refractivity contribution >= 4 is 16.8 Å². The van der Waals surface area contributed by atoms with Gasteiger partial charge in [0.1, 0.15) is 0 Å². The zero-order valence-corrected chi connectivity index (χ0v) is 9.06. The molecule has 1 aromatic carbocycles. The number of carbonyl (C=O) groups excluding carboxylic acids is 1. The van der Waals surface area contributed by atoms with E-state index < -0.39 is 5.24 Å². The summed E-state index contributed by atoms with van der Waals surface area (Å²) in [5.41, 5.74) is 1.09. The summed E-state index contributed by atoms with van der Waals surface area (Å²) in [6, 6.07) is 7.00. The van der Waals surface area contributed by atoms with E-state index in [2.05, 4.69) is 23.7 Å². The zero-order chi connectivity index (χ0) is 11.1. The Balaban J connectivity index is 2.95. The van der Waals surface area contributed by atoms with E-state index in [0.717, 1.165) is 0 Å². The molecule has 0 saturated carbocycles. The SMILES string of the molecule is CC#CCC#Cc1ccccc1C(=O)Cl. The molecule has 0 bridgehead atoms. The van der Waals surface area contributed by atoms with Crippen molar-refractivity contribution in [2.45, 2.75) is 13.3 Å². The average Bonchev–Trinajstić information content (AvgIpc) is 2.25. The summed E-state index contributed by atoms with van der Waals surface area (Å²) in [6.45, 7) is 1.76. The second-order valence-electron chi connectivity index (χ2n) is 2.72. The third kappa shape index (κ3) is 3.50. The predicted octanol–water partition coefficient (Wildman–Crippen LogP) is 2.83. The van der Waals surface area contributed by atoms with E-state index in [1.807, 2.05) is 6.07 Å². The standard InChI is InChI=1S/C13H9ClO/c1-2-3-4-5-8-11-9-6-7-10-12(11)13(14)15/h6-7,9-10H,4H2,1H3. The van der Waals surface area contributed by atoms with Crippen molar-refractivity contribution in [3.63, 3.8) is 0 Å². The Morgan fingerprint density at radius 2 is 2.07 bits per heavy atom. The predicted molar refractivity (Wildman–Crippen MR) is 61.6 cm³/mol. The van der Waals surface area contributed by atoms with Crippen LogP contribution in [-0.4, -0.2) is 5.24 Å². The first-order chi connectivity index (χ1) is 7.25. The normalized spacial score (nSPS) is 8.13. The van der Waals surface area contributed by atoms with Crippen LogP contribution in [0.3, 0.4) is 0 Å². The topological polar surface area (TPSA) is 17.1 Å². The molecule has 0 aliphatic heterocycles. The summed E-state index contributed by atoms with van der Waals surface area (Å²) in [4.78, 5) is 11.0. The lowest BCUT2D eigenvalue weighted by Gasteiger charge is -1.96. The molecule has 0 spiro atoms. The van der Waals surface area contributed by atoms with Crippen molar-refractivity contribution in [1.82, 2.24) is 0 Å². The number of benzene rings is 1. The highest BCUT2D eigenvalue weighted by Gasteiger charge is 2.04. The van der Waals surface area contributed by atoms with Gasteiger partial charge in [0, 0.05) is 11.1 Å². The smallest absolute Gasteiger partial charge is 0.253 e. The van der Waals surface area contributed by atoms with Gasteiger partial charge in [-0.05, 0) is 30.7 Å². The Morgan fingerprint density at radius 1 is 1.33 bits per heavy atom. The Kier molecular flexibility index (Phi) is 4.48. The van der Waals surface area contributed by atoms with Gasteiger partial charge >= 0.3 is 0 Å². The molecule has 0 radical (unpaired) electrons. The van der Waals surface area contributed by atoms with Crippen molar-refractivity contribution in [3.05, 3.63) is 35.4 Å². The highest BCUT2D eigenvalue weighted by atomic mass is 35.5. The van der Waals surface area contributed by atoms with Gasteiger partial charge in [0.25, 0.3) is 5.24 Å². The van der Waals surface area contributed by atoms with Crippen LogP contribution in [-0.2, 0) is 0 Å². The molecule has 74 valence electrons. The van der Waals surface area contributed by atoms with Gasteiger partial charge in [-0.15, -0.1) is 5.92 Å². The molecule has 15 heavy (non-hydrogen) atoms. The molecule has 0 aromatic heterocycles. The van der Waals surface area contributed by atoms with Crippen LogP contribution in [0, 0.1) is 23.7 Å². The second-order valence-corrected chi connectivity index (χ2v) is 3.07. The molecule has 0 amide bonds. The fourth-order valence-corrected chi connectivity index (χ4v) is 1.20. The van der Waals surface area contributed by atoms with Crippen LogP contribution in [0.4, 0.5) is 0 Å². The summed E-state index contributed by atoms with van der Waals surface area (Å²) in [7, 11) is 0. The van der Waals surface area contributed by atoms with Crippen molar-refractivity contribution in [2.24, 2.45) is 0 Å². The minimum absolute atomic E-state index is 0.441. The van der Waals surface area contributed by atoms with E-state index in [1.54, 1.807) is 25.1 Å². The Hall–Kier alpha value is -1.70. The quantitative estimate of drug-likeness (QED) is 0.521. The van der Waals surface area contributed by atoms with Crippen LogP contribution in [0.1, 0.15) is 29.3 Å². The molecule has 0 aliphatic rings. The number of carbonyl (C=O) groups is 1. The lowest BCUT2D eigenvalue weighted by Crippen LogP contribution is -1.92. The molecule has 0 N–H and O–H groups in total. The minimum Gasteiger partial charge on any atom is -0.276 e. The molecule has 0 heterocycles. The minimum atomic E-state index is -0.485. The third-order valence-corrected chi connectivity index (χ3v) is 1.92. The van der Waals surface area contributed by atoms with E-state index in [0.29, 0.717) is 17.5 Å². The van der Waals surface area contributed by atoms with Crippen LogP contribution in [0.2, 0.25) is 0 Å². The highest BCUT2D eigenvalue weighted by molar-refractivity contribution is 6.68. The monoisotopic (exact) mass is 216 g/mol. The number of halogens is 1. The van der Waals surface area contributed by atoms with E-state index in [4.69, 9.17) is 11.6 Å². The van der Waals surface area contributed by atoms with Crippen LogP contribution < -0.4 is 0 Å². The van der Waals surface area contributed by atoms with Gasteiger partial charge in [-0.2, -0.15) is 0 Å². The molecule has 0 aliphatic carbocycles. The Labute approximate surface area is 94.4 Å². The zero-order valence-electron chi connectivity index (χ0n) is 8.30. The highest BCUT2D eigenvalue weighted by Crippen LogP contribution is 2.09. The van der Waals surface area contributed by atoms with Crippen LogP contribution in [0.25, 0.3) is 0 Å².